The van der Waals surface area contributed by atoms with Gasteiger partial charge in [0, 0.05) is 38.3 Å². The van der Waals surface area contributed by atoms with Crippen molar-refractivity contribution in [3.63, 3.8) is 0 Å². The lowest BCUT2D eigenvalue weighted by Crippen LogP contribution is -2.55. The molecule has 0 aromatic heterocycles. The standard InChI is InChI=1S/C18H25N3O4/c1-13(16-6-3-11-25-16)19-18(24)21-9-7-20(8-10-21)17(23)14-4-2-5-15(22)12-14/h2,4-5,12-13,16,22H,3,6-11H2,1H3,(H,19,24)/t13-,16-/m1/s1. The normalized spacial score (nSPS) is 21.9. The highest BCUT2D eigenvalue weighted by Crippen LogP contribution is 2.17. The molecular formula is C18H25N3O4. The molecule has 0 unspecified atom stereocenters. The first-order valence-corrected chi connectivity index (χ1v) is 8.80. The lowest BCUT2D eigenvalue weighted by Gasteiger charge is -2.35. The Balaban J connectivity index is 1.49. The molecule has 1 aromatic carbocycles. The van der Waals surface area contributed by atoms with Crippen LogP contribution in [-0.2, 0) is 4.74 Å². The molecule has 2 aliphatic rings. The van der Waals surface area contributed by atoms with E-state index in [-0.39, 0.29) is 29.8 Å². The predicted molar refractivity (Wildman–Crippen MR) is 92.6 cm³/mol. The number of carbonyl (C=O) groups excluding carboxylic acids is 2. The second kappa shape index (κ2) is 7.74. The lowest BCUT2D eigenvalue weighted by molar-refractivity contribution is 0.0642. The van der Waals surface area contributed by atoms with Crippen LogP contribution >= 0.6 is 0 Å². The van der Waals surface area contributed by atoms with Gasteiger partial charge in [0.15, 0.2) is 0 Å². The molecule has 0 bridgehead atoms. The van der Waals surface area contributed by atoms with E-state index in [2.05, 4.69) is 5.32 Å². The highest BCUT2D eigenvalue weighted by Gasteiger charge is 2.28. The molecule has 0 spiro atoms. The quantitative estimate of drug-likeness (QED) is 0.867. The van der Waals surface area contributed by atoms with Crippen LogP contribution in [0, 0.1) is 0 Å². The van der Waals surface area contributed by atoms with Crippen molar-refractivity contribution in [2.75, 3.05) is 32.8 Å². The van der Waals surface area contributed by atoms with Gasteiger partial charge in [-0.15, -0.1) is 0 Å². The molecule has 7 heteroatoms. The summed E-state index contributed by atoms with van der Waals surface area (Å²) in [6.07, 6.45) is 2.12. The molecule has 25 heavy (non-hydrogen) atoms. The fourth-order valence-corrected chi connectivity index (χ4v) is 3.31. The topological polar surface area (TPSA) is 82.1 Å². The number of hydrogen-bond acceptors (Lipinski definition) is 4. The van der Waals surface area contributed by atoms with E-state index in [1.165, 1.54) is 12.1 Å². The van der Waals surface area contributed by atoms with Crippen LogP contribution in [0.3, 0.4) is 0 Å². The second-order valence-electron chi connectivity index (χ2n) is 6.62. The van der Waals surface area contributed by atoms with Crippen LogP contribution in [0.1, 0.15) is 30.1 Å². The molecule has 2 heterocycles. The number of phenols is 1. The van der Waals surface area contributed by atoms with Gasteiger partial charge in [0.2, 0.25) is 0 Å². The van der Waals surface area contributed by atoms with E-state index in [0.717, 1.165) is 19.4 Å². The van der Waals surface area contributed by atoms with Gasteiger partial charge in [-0.25, -0.2) is 4.79 Å². The Morgan fingerprint density at radius 3 is 2.60 bits per heavy atom. The highest BCUT2D eigenvalue weighted by atomic mass is 16.5. The SMILES string of the molecule is C[C@@H](NC(=O)N1CCN(C(=O)c2cccc(O)c2)CC1)[C@H]1CCCO1. The molecule has 1 aromatic rings. The summed E-state index contributed by atoms with van der Waals surface area (Å²) in [7, 11) is 0. The summed E-state index contributed by atoms with van der Waals surface area (Å²) in [6, 6.07) is 6.22. The molecule has 136 valence electrons. The zero-order valence-electron chi connectivity index (χ0n) is 14.5. The number of phenolic OH excluding ortho intramolecular Hbond substituents is 1. The maximum absolute atomic E-state index is 12.5. The summed E-state index contributed by atoms with van der Waals surface area (Å²) in [6.45, 7) is 4.69. The number of ether oxygens (including phenoxy) is 1. The Kier molecular flexibility index (Phi) is 5.43. The Morgan fingerprint density at radius 1 is 1.24 bits per heavy atom. The van der Waals surface area contributed by atoms with E-state index in [1.807, 2.05) is 6.92 Å². The first-order valence-electron chi connectivity index (χ1n) is 8.80. The largest absolute Gasteiger partial charge is 0.508 e. The number of carbonyl (C=O) groups is 2. The van der Waals surface area contributed by atoms with Crippen LogP contribution in [0.5, 0.6) is 5.75 Å². The van der Waals surface area contributed by atoms with Gasteiger partial charge in [0.05, 0.1) is 12.1 Å². The fraction of sp³-hybridized carbons (Fsp3) is 0.556. The third kappa shape index (κ3) is 4.22. The molecule has 2 N–H and O–H groups in total. The van der Waals surface area contributed by atoms with Gasteiger partial charge in [0.25, 0.3) is 5.91 Å². The van der Waals surface area contributed by atoms with Gasteiger partial charge in [-0.2, -0.15) is 0 Å². The minimum atomic E-state index is -0.122. The van der Waals surface area contributed by atoms with Crippen LogP contribution in [0.25, 0.3) is 0 Å². The number of aromatic hydroxyl groups is 1. The molecule has 2 atom stereocenters. The minimum Gasteiger partial charge on any atom is -0.508 e. The lowest BCUT2D eigenvalue weighted by atomic mass is 10.1. The van der Waals surface area contributed by atoms with Crippen LogP contribution in [0.2, 0.25) is 0 Å². The molecule has 3 rings (SSSR count). The van der Waals surface area contributed by atoms with E-state index in [4.69, 9.17) is 4.74 Å². The summed E-state index contributed by atoms with van der Waals surface area (Å²) in [5, 5.41) is 12.5. The number of nitrogens with zero attached hydrogens (tertiary/aromatic N) is 2. The Hall–Kier alpha value is -2.28. The minimum absolute atomic E-state index is 0.0121. The Bertz CT molecular complexity index is 623. The number of urea groups is 1. The summed E-state index contributed by atoms with van der Waals surface area (Å²) in [4.78, 5) is 28.3. The molecule has 2 saturated heterocycles. The van der Waals surface area contributed by atoms with Crippen molar-refractivity contribution >= 4 is 11.9 Å². The maximum Gasteiger partial charge on any atom is 0.317 e. The number of rotatable bonds is 3. The van der Waals surface area contributed by atoms with Crippen molar-refractivity contribution in [2.45, 2.75) is 31.9 Å². The van der Waals surface area contributed by atoms with E-state index >= 15 is 0 Å². The summed E-state index contributed by atoms with van der Waals surface area (Å²) in [5.41, 5.74) is 0.463. The van der Waals surface area contributed by atoms with Gasteiger partial charge in [-0.3, -0.25) is 4.79 Å². The highest BCUT2D eigenvalue weighted by molar-refractivity contribution is 5.94. The fourth-order valence-electron chi connectivity index (χ4n) is 3.31. The van der Waals surface area contributed by atoms with Crippen LogP contribution < -0.4 is 5.32 Å². The smallest absolute Gasteiger partial charge is 0.317 e. The molecule has 2 aliphatic heterocycles. The molecule has 2 fully saturated rings. The molecule has 0 aliphatic carbocycles. The van der Waals surface area contributed by atoms with Crippen LogP contribution in [0.4, 0.5) is 4.79 Å². The zero-order chi connectivity index (χ0) is 17.8. The van der Waals surface area contributed by atoms with Crippen molar-refractivity contribution in [2.24, 2.45) is 0 Å². The van der Waals surface area contributed by atoms with Crippen LogP contribution in [0.15, 0.2) is 24.3 Å². The summed E-state index contributed by atoms with van der Waals surface area (Å²) in [5.74, 6) is -0.0457. The average Bonchev–Trinajstić information content (AvgIpc) is 3.16. The summed E-state index contributed by atoms with van der Waals surface area (Å²) >= 11 is 0. The van der Waals surface area contributed by atoms with E-state index < -0.39 is 0 Å². The molecule has 0 saturated carbocycles. The zero-order valence-corrected chi connectivity index (χ0v) is 14.5. The third-order valence-electron chi connectivity index (χ3n) is 4.82. The van der Waals surface area contributed by atoms with Crippen molar-refractivity contribution in [3.05, 3.63) is 29.8 Å². The molecule has 7 nitrogen and oxygen atoms in total. The first-order chi connectivity index (χ1) is 12.0. The van der Waals surface area contributed by atoms with Crippen molar-refractivity contribution in [3.8, 4) is 5.75 Å². The number of amides is 3. The van der Waals surface area contributed by atoms with Gasteiger partial charge in [-0.1, -0.05) is 6.07 Å². The molecule has 0 radical (unpaired) electrons. The number of hydrogen-bond donors (Lipinski definition) is 2. The van der Waals surface area contributed by atoms with Crippen LogP contribution in [-0.4, -0.2) is 71.8 Å². The average molecular weight is 347 g/mol. The van der Waals surface area contributed by atoms with Gasteiger partial charge < -0.3 is 25.0 Å². The first kappa shape index (κ1) is 17.5. The monoisotopic (exact) mass is 347 g/mol. The predicted octanol–water partition coefficient (Wildman–Crippen LogP) is 1.43. The number of nitrogens with one attached hydrogen (secondary N) is 1. The van der Waals surface area contributed by atoms with E-state index in [1.54, 1.807) is 21.9 Å². The van der Waals surface area contributed by atoms with Crippen molar-refractivity contribution < 1.29 is 19.4 Å². The Labute approximate surface area is 147 Å². The number of piperazine rings is 1. The third-order valence-corrected chi connectivity index (χ3v) is 4.82. The molecular weight excluding hydrogens is 322 g/mol. The van der Waals surface area contributed by atoms with Crippen molar-refractivity contribution in [1.29, 1.82) is 0 Å². The second-order valence-corrected chi connectivity index (χ2v) is 6.62. The Morgan fingerprint density at radius 2 is 1.96 bits per heavy atom. The van der Waals surface area contributed by atoms with E-state index in [9.17, 15) is 14.7 Å². The maximum atomic E-state index is 12.5. The summed E-state index contributed by atoms with van der Waals surface area (Å²) < 4.78 is 5.60. The van der Waals surface area contributed by atoms with Gasteiger partial charge in [0.1, 0.15) is 5.75 Å². The number of benzene rings is 1. The van der Waals surface area contributed by atoms with Gasteiger partial charge >= 0.3 is 6.03 Å². The van der Waals surface area contributed by atoms with E-state index in [0.29, 0.717) is 31.7 Å². The van der Waals surface area contributed by atoms with Gasteiger partial charge in [-0.05, 0) is 38.0 Å². The molecule has 3 amide bonds. The van der Waals surface area contributed by atoms with Crippen molar-refractivity contribution in [1.82, 2.24) is 15.1 Å².